The predicted octanol–water partition coefficient (Wildman–Crippen LogP) is 11.7. The quantitative estimate of drug-likeness (QED) is 0.0651. The summed E-state index contributed by atoms with van der Waals surface area (Å²) < 4.78 is 0. The van der Waals surface area contributed by atoms with E-state index < -0.39 is 45.5 Å². The minimum Gasteiger partial charge on any atom is -0.481 e. The van der Waals surface area contributed by atoms with Crippen LogP contribution in [0.2, 0.25) is 0 Å². The monoisotopic (exact) mass is 813 g/mol. The minimum absolute atomic E-state index is 0.0309. The Morgan fingerprint density at radius 2 is 0.831 bits per heavy atom. The van der Waals surface area contributed by atoms with Gasteiger partial charge in [-0.15, -0.1) is 0 Å². The molecule has 0 bridgehead atoms. The van der Waals surface area contributed by atoms with Crippen LogP contribution in [-0.4, -0.2) is 44.3 Å². The summed E-state index contributed by atoms with van der Waals surface area (Å²) in [6.45, 7) is 10.9. The molecule has 2 aromatic rings. The van der Waals surface area contributed by atoms with Crippen molar-refractivity contribution in [3.8, 4) is 0 Å². The van der Waals surface area contributed by atoms with E-state index in [1.165, 1.54) is 55.6 Å². The summed E-state index contributed by atoms with van der Waals surface area (Å²) in [5, 5.41) is 39.8. The van der Waals surface area contributed by atoms with Crippen molar-refractivity contribution < 1.29 is 39.6 Å². The molecule has 0 aromatic heterocycles. The van der Waals surface area contributed by atoms with Gasteiger partial charge in [-0.2, -0.15) is 0 Å². The second-order valence-electron chi connectivity index (χ2n) is 20.0. The van der Waals surface area contributed by atoms with Crippen LogP contribution in [0.15, 0.2) is 12.1 Å². The lowest BCUT2D eigenvalue weighted by atomic mass is 9.82. The molecule has 0 saturated heterocycles. The van der Waals surface area contributed by atoms with Gasteiger partial charge in [-0.25, -0.2) is 0 Å². The maximum Gasteiger partial charge on any atom is 0.310 e. The molecule has 0 radical (unpaired) electrons. The molecule has 0 heterocycles. The second kappa shape index (κ2) is 18.1. The summed E-state index contributed by atoms with van der Waals surface area (Å²) in [5.41, 5.74) is 10.8. The van der Waals surface area contributed by atoms with Crippen molar-refractivity contribution in [1.82, 2.24) is 0 Å². The number of carboxylic acids is 4. The van der Waals surface area contributed by atoms with Gasteiger partial charge in [-0.1, -0.05) is 50.7 Å². The molecule has 324 valence electrons. The molecule has 59 heavy (non-hydrogen) atoms. The normalized spacial score (nSPS) is 21.5. The number of hydrogen-bond donors (Lipinski definition) is 4. The molecule has 0 amide bonds. The van der Waals surface area contributed by atoms with Crippen LogP contribution in [0.3, 0.4) is 0 Å². The smallest absolute Gasteiger partial charge is 0.310 e. The molecule has 8 nitrogen and oxygen atoms in total. The molecule has 8 heteroatoms. The Morgan fingerprint density at radius 1 is 0.458 bits per heavy atom. The first-order valence-electron chi connectivity index (χ1n) is 23.2. The standard InChI is InChI=1S/C51H72O8/c1-33-30-35(3)38(39(36(33)4)18-10-14-21-49(26-27-49)45(54)55)16-8-7-13-23-51(47(58)59)32-43(51)42-31-34(2)37(5)40(17-9-6-12-20-48(24-25-48)44(52)53)41(42)19-11-15-22-50(28-29-50)46(56)57/h30-31,43H,6-29,32H2,1-5H3,(H,52,53)(H,54,55)(H,56,57)(H,58,59). The van der Waals surface area contributed by atoms with Gasteiger partial charge in [-0.3, -0.25) is 19.2 Å². The number of rotatable bonds is 27. The number of carbonyl (C=O) groups is 4. The summed E-state index contributed by atoms with van der Waals surface area (Å²) in [4.78, 5) is 48.5. The van der Waals surface area contributed by atoms with Crippen LogP contribution in [0.4, 0.5) is 0 Å². The van der Waals surface area contributed by atoms with E-state index in [0.717, 1.165) is 141 Å². The molecule has 2 aromatic carbocycles. The predicted molar refractivity (Wildman–Crippen MR) is 231 cm³/mol. The molecule has 0 aliphatic heterocycles. The van der Waals surface area contributed by atoms with Gasteiger partial charge in [0.25, 0.3) is 0 Å². The summed E-state index contributed by atoms with van der Waals surface area (Å²) in [7, 11) is 0. The van der Waals surface area contributed by atoms with E-state index in [-0.39, 0.29) is 5.92 Å². The van der Waals surface area contributed by atoms with Crippen LogP contribution in [0.5, 0.6) is 0 Å². The fraction of sp³-hybridized carbons (Fsp3) is 0.686. The minimum atomic E-state index is -0.763. The average molecular weight is 813 g/mol. The lowest BCUT2D eigenvalue weighted by Crippen LogP contribution is -2.18. The van der Waals surface area contributed by atoms with Crippen molar-refractivity contribution in [3.05, 3.63) is 67.8 Å². The third-order valence-corrected chi connectivity index (χ3v) is 16.0. The van der Waals surface area contributed by atoms with E-state index >= 15 is 0 Å². The van der Waals surface area contributed by atoms with Crippen LogP contribution in [0.1, 0.15) is 196 Å². The Labute approximate surface area is 353 Å². The van der Waals surface area contributed by atoms with Crippen molar-refractivity contribution >= 4 is 23.9 Å². The first kappa shape index (κ1) is 44.9. The molecular formula is C51H72O8. The Hall–Kier alpha value is -3.68. The third kappa shape index (κ3) is 9.94. The molecule has 4 fully saturated rings. The molecule has 4 aliphatic rings. The number of benzene rings is 2. The van der Waals surface area contributed by atoms with Gasteiger partial charge in [0.2, 0.25) is 0 Å². The summed E-state index contributed by atoms with van der Waals surface area (Å²) >= 11 is 0. The van der Waals surface area contributed by atoms with Gasteiger partial charge in [0.1, 0.15) is 0 Å². The number of aliphatic carboxylic acids is 4. The average Bonchev–Trinajstić information content (AvgIpc) is 4.00. The van der Waals surface area contributed by atoms with Gasteiger partial charge >= 0.3 is 23.9 Å². The first-order valence-corrected chi connectivity index (χ1v) is 23.2. The van der Waals surface area contributed by atoms with Gasteiger partial charge in [-0.05, 0) is 212 Å². The van der Waals surface area contributed by atoms with Crippen molar-refractivity contribution in [2.45, 2.75) is 201 Å². The zero-order valence-corrected chi connectivity index (χ0v) is 36.8. The van der Waals surface area contributed by atoms with Crippen molar-refractivity contribution in [2.75, 3.05) is 0 Å². The lowest BCUT2D eigenvalue weighted by Gasteiger charge is -2.22. The van der Waals surface area contributed by atoms with Gasteiger partial charge in [0.05, 0.1) is 21.7 Å². The second-order valence-corrected chi connectivity index (χ2v) is 20.0. The zero-order valence-electron chi connectivity index (χ0n) is 36.8. The molecule has 2 atom stereocenters. The van der Waals surface area contributed by atoms with Crippen molar-refractivity contribution in [3.63, 3.8) is 0 Å². The topological polar surface area (TPSA) is 149 Å². The van der Waals surface area contributed by atoms with Gasteiger partial charge < -0.3 is 20.4 Å². The first-order chi connectivity index (χ1) is 28.0. The molecule has 4 N–H and O–H groups in total. The number of unbranched alkanes of at least 4 members (excludes halogenated alkanes) is 6. The van der Waals surface area contributed by atoms with E-state index in [0.29, 0.717) is 19.3 Å². The van der Waals surface area contributed by atoms with E-state index in [1.807, 2.05) is 0 Å². The highest BCUT2D eigenvalue weighted by molar-refractivity contribution is 5.81. The van der Waals surface area contributed by atoms with Gasteiger partial charge in [0.15, 0.2) is 0 Å². The Balaban J connectivity index is 1.10. The van der Waals surface area contributed by atoms with Crippen molar-refractivity contribution in [2.24, 2.45) is 21.7 Å². The zero-order chi connectivity index (χ0) is 42.8. The van der Waals surface area contributed by atoms with Crippen molar-refractivity contribution in [1.29, 1.82) is 0 Å². The van der Waals surface area contributed by atoms with Crippen LogP contribution >= 0.6 is 0 Å². The Bertz CT molecular complexity index is 1910. The van der Waals surface area contributed by atoms with E-state index in [9.17, 15) is 39.6 Å². The summed E-state index contributed by atoms with van der Waals surface area (Å²) in [6, 6.07) is 4.56. The van der Waals surface area contributed by atoms with Crippen LogP contribution in [-0.2, 0) is 44.9 Å². The maximum atomic E-state index is 13.2. The number of hydrogen-bond acceptors (Lipinski definition) is 4. The molecule has 4 aliphatic carbocycles. The van der Waals surface area contributed by atoms with E-state index in [1.54, 1.807) is 0 Å². The highest BCUT2D eigenvalue weighted by atomic mass is 16.4. The highest BCUT2D eigenvalue weighted by Crippen LogP contribution is 2.64. The van der Waals surface area contributed by atoms with Crippen LogP contribution in [0, 0.1) is 56.3 Å². The molecule has 0 spiro atoms. The fourth-order valence-corrected chi connectivity index (χ4v) is 10.8. The third-order valence-electron chi connectivity index (χ3n) is 16.0. The summed E-state index contributed by atoms with van der Waals surface area (Å²) in [6.07, 6.45) is 21.2. The van der Waals surface area contributed by atoms with Crippen LogP contribution < -0.4 is 0 Å². The van der Waals surface area contributed by atoms with E-state index in [2.05, 4.69) is 46.8 Å². The number of aryl methyl sites for hydroxylation is 3. The molecular weight excluding hydrogens is 741 g/mol. The highest BCUT2D eigenvalue weighted by Gasteiger charge is 2.61. The summed E-state index contributed by atoms with van der Waals surface area (Å²) in [5.74, 6) is -2.69. The Morgan fingerprint density at radius 3 is 1.27 bits per heavy atom. The Kier molecular flexibility index (Phi) is 13.8. The SMILES string of the molecule is Cc1cc(C)c(CCCCCC2(C(=O)O)CC2c2cc(C)c(C)c(CCCCCC3(C(=O)O)CC3)c2CCCCC2(C(=O)O)CC2)c(CCCCC2(C(=O)O)CC2)c1C. The molecule has 6 rings (SSSR count). The lowest BCUT2D eigenvalue weighted by molar-refractivity contribution is -0.144. The van der Waals surface area contributed by atoms with Gasteiger partial charge in [0, 0.05) is 5.92 Å². The number of carboxylic acid groups (broad SMARTS) is 4. The van der Waals surface area contributed by atoms with E-state index in [4.69, 9.17) is 0 Å². The van der Waals surface area contributed by atoms with Crippen LogP contribution in [0.25, 0.3) is 0 Å². The fourth-order valence-electron chi connectivity index (χ4n) is 10.8. The molecule has 4 saturated carbocycles. The molecule has 2 unspecified atom stereocenters. The maximum absolute atomic E-state index is 13.2. The largest absolute Gasteiger partial charge is 0.481 e.